The molecule has 0 saturated carbocycles. The first-order valence-electron chi connectivity index (χ1n) is 8.21. The number of anilines is 1. The van der Waals surface area contributed by atoms with Gasteiger partial charge >= 0.3 is 0 Å². The van der Waals surface area contributed by atoms with Gasteiger partial charge in [0.15, 0.2) is 0 Å². The standard InChI is InChI=1S/C21H20N2/c1-3-7-19-16(5-1)9-10-17-6-2-4-8-20(17)21(19)15-23-18-11-13-22-14-12-18/h1-8,11-14,21H,9-10,15H2,(H,22,23). The molecule has 4 rings (SSSR count). The Morgan fingerprint density at radius 3 is 1.96 bits per heavy atom. The highest BCUT2D eigenvalue weighted by atomic mass is 14.9. The van der Waals surface area contributed by atoms with Crippen molar-refractivity contribution in [3.63, 3.8) is 0 Å². The molecule has 1 N–H and O–H groups in total. The van der Waals surface area contributed by atoms with Crippen LogP contribution in [0.4, 0.5) is 5.69 Å². The first-order valence-corrected chi connectivity index (χ1v) is 8.21. The van der Waals surface area contributed by atoms with Crippen LogP contribution in [0, 0.1) is 0 Å². The Hall–Kier alpha value is -2.61. The van der Waals surface area contributed by atoms with Crippen LogP contribution in [0.25, 0.3) is 0 Å². The Bertz CT molecular complexity index is 748. The summed E-state index contributed by atoms with van der Waals surface area (Å²) in [5.74, 6) is 0.387. The van der Waals surface area contributed by atoms with Gasteiger partial charge in [0.25, 0.3) is 0 Å². The number of aryl methyl sites for hydroxylation is 2. The molecule has 0 atom stereocenters. The summed E-state index contributed by atoms with van der Waals surface area (Å²) in [6.45, 7) is 0.901. The average Bonchev–Trinajstić information content (AvgIpc) is 2.78. The molecule has 3 aromatic rings. The molecule has 0 unspecified atom stereocenters. The van der Waals surface area contributed by atoms with E-state index in [2.05, 4.69) is 58.8 Å². The average molecular weight is 300 g/mol. The second-order valence-electron chi connectivity index (χ2n) is 6.07. The number of hydrogen-bond acceptors (Lipinski definition) is 2. The number of rotatable bonds is 3. The number of aromatic nitrogens is 1. The monoisotopic (exact) mass is 300 g/mol. The molecule has 0 spiro atoms. The first kappa shape index (κ1) is 14.0. The van der Waals surface area contributed by atoms with Gasteiger partial charge in [0, 0.05) is 30.5 Å². The van der Waals surface area contributed by atoms with Gasteiger partial charge in [-0.2, -0.15) is 0 Å². The molecule has 2 nitrogen and oxygen atoms in total. The molecule has 1 aliphatic rings. The van der Waals surface area contributed by atoms with Gasteiger partial charge < -0.3 is 5.32 Å². The van der Waals surface area contributed by atoms with E-state index in [1.54, 1.807) is 0 Å². The summed E-state index contributed by atoms with van der Waals surface area (Å²) in [5, 5.41) is 3.58. The highest BCUT2D eigenvalue weighted by Crippen LogP contribution is 2.34. The number of nitrogens with one attached hydrogen (secondary N) is 1. The lowest BCUT2D eigenvalue weighted by Crippen LogP contribution is -2.15. The summed E-state index contributed by atoms with van der Waals surface area (Å²) in [6, 6.07) is 21.8. The second kappa shape index (κ2) is 6.25. The lowest BCUT2D eigenvalue weighted by atomic mass is 9.88. The Balaban J connectivity index is 1.71. The normalized spacial score (nSPS) is 13.7. The molecule has 114 valence electrons. The van der Waals surface area contributed by atoms with Gasteiger partial charge in [-0.3, -0.25) is 4.98 Å². The number of pyridine rings is 1. The van der Waals surface area contributed by atoms with E-state index in [1.807, 2.05) is 24.5 Å². The number of nitrogens with zero attached hydrogens (tertiary/aromatic N) is 1. The maximum Gasteiger partial charge on any atom is 0.0371 e. The second-order valence-corrected chi connectivity index (χ2v) is 6.07. The minimum Gasteiger partial charge on any atom is -0.384 e. The van der Waals surface area contributed by atoms with Gasteiger partial charge in [0.2, 0.25) is 0 Å². The fraction of sp³-hybridized carbons (Fsp3) is 0.190. The molecule has 0 amide bonds. The third-order valence-electron chi connectivity index (χ3n) is 4.72. The molecular formula is C21H20N2. The summed E-state index contributed by atoms with van der Waals surface area (Å²) in [4.78, 5) is 4.09. The van der Waals surface area contributed by atoms with Crippen LogP contribution in [0.2, 0.25) is 0 Å². The van der Waals surface area contributed by atoms with E-state index < -0.39 is 0 Å². The van der Waals surface area contributed by atoms with Crippen molar-refractivity contribution in [2.24, 2.45) is 0 Å². The molecule has 0 radical (unpaired) electrons. The highest BCUT2D eigenvalue weighted by Gasteiger charge is 2.22. The van der Waals surface area contributed by atoms with Crippen LogP contribution < -0.4 is 5.32 Å². The van der Waals surface area contributed by atoms with Crippen molar-refractivity contribution in [2.45, 2.75) is 18.8 Å². The lowest BCUT2D eigenvalue weighted by Gasteiger charge is -2.21. The maximum atomic E-state index is 4.09. The Morgan fingerprint density at radius 2 is 1.35 bits per heavy atom. The van der Waals surface area contributed by atoms with E-state index in [0.29, 0.717) is 5.92 Å². The van der Waals surface area contributed by atoms with E-state index >= 15 is 0 Å². The SMILES string of the molecule is c1ccc2c(c1)CCc1ccccc1C2CNc1ccncc1. The van der Waals surface area contributed by atoms with Gasteiger partial charge in [0.05, 0.1) is 0 Å². The zero-order valence-corrected chi connectivity index (χ0v) is 13.1. The molecule has 1 aromatic heterocycles. The summed E-state index contributed by atoms with van der Waals surface area (Å²) in [5.41, 5.74) is 6.99. The summed E-state index contributed by atoms with van der Waals surface area (Å²) in [7, 11) is 0. The largest absolute Gasteiger partial charge is 0.384 e. The smallest absolute Gasteiger partial charge is 0.0371 e. The van der Waals surface area contributed by atoms with Gasteiger partial charge in [-0.05, 0) is 47.2 Å². The van der Waals surface area contributed by atoms with E-state index in [1.165, 1.54) is 22.3 Å². The fourth-order valence-electron chi connectivity index (χ4n) is 3.55. The molecule has 0 aliphatic heterocycles. The topological polar surface area (TPSA) is 24.9 Å². The van der Waals surface area contributed by atoms with E-state index in [9.17, 15) is 0 Å². The van der Waals surface area contributed by atoms with Crippen LogP contribution in [0.15, 0.2) is 73.1 Å². The summed E-state index contributed by atoms with van der Waals surface area (Å²) >= 11 is 0. The summed E-state index contributed by atoms with van der Waals surface area (Å²) in [6.07, 6.45) is 5.91. The predicted octanol–water partition coefficient (Wildman–Crippen LogP) is 4.42. The molecule has 1 heterocycles. The van der Waals surface area contributed by atoms with Crippen LogP contribution in [0.5, 0.6) is 0 Å². The van der Waals surface area contributed by atoms with Crippen molar-refractivity contribution < 1.29 is 0 Å². The highest BCUT2D eigenvalue weighted by molar-refractivity contribution is 5.48. The molecule has 2 heteroatoms. The van der Waals surface area contributed by atoms with Gasteiger partial charge in [-0.15, -0.1) is 0 Å². The summed E-state index contributed by atoms with van der Waals surface area (Å²) < 4.78 is 0. The minimum absolute atomic E-state index is 0.387. The van der Waals surface area contributed by atoms with Crippen molar-refractivity contribution >= 4 is 5.69 Å². The van der Waals surface area contributed by atoms with Gasteiger partial charge in [0.1, 0.15) is 0 Å². The third kappa shape index (κ3) is 2.85. The van der Waals surface area contributed by atoms with Crippen molar-refractivity contribution in [3.05, 3.63) is 95.3 Å². The van der Waals surface area contributed by atoms with Crippen LogP contribution >= 0.6 is 0 Å². The zero-order valence-electron chi connectivity index (χ0n) is 13.1. The third-order valence-corrected chi connectivity index (χ3v) is 4.72. The molecule has 0 saturated heterocycles. The molecule has 0 fully saturated rings. The van der Waals surface area contributed by atoms with Crippen molar-refractivity contribution in [2.75, 3.05) is 11.9 Å². The first-order chi connectivity index (χ1) is 11.4. The number of hydrogen-bond donors (Lipinski definition) is 1. The quantitative estimate of drug-likeness (QED) is 0.774. The Labute approximate surface area is 137 Å². The molecular weight excluding hydrogens is 280 g/mol. The van der Waals surface area contributed by atoms with Gasteiger partial charge in [-0.25, -0.2) is 0 Å². The molecule has 1 aliphatic carbocycles. The van der Waals surface area contributed by atoms with Crippen molar-refractivity contribution in [1.82, 2.24) is 4.98 Å². The molecule has 0 bridgehead atoms. The number of benzene rings is 2. The Kier molecular flexibility index (Phi) is 3.81. The predicted molar refractivity (Wildman–Crippen MR) is 94.9 cm³/mol. The fourth-order valence-corrected chi connectivity index (χ4v) is 3.55. The van der Waals surface area contributed by atoms with Crippen LogP contribution in [0.1, 0.15) is 28.2 Å². The minimum atomic E-state index is 0.387. The van der Waals surface area contributed by atoms with E-state index in [0.717, 1.165) is 25.1 Å². The van der Waals surface area contributed by atoms with Gasteiger partial charge in [-0.1, -0.05) is 48.5 Å². The lowest BCUT2D eigenvalue weighted by molar-refractivity contribution is 0.846. The number of fused-ring (bicyclic) bond motifs is 2. The molecule has 2 aromatic carbocycles. The zero-order chi connectivity index (χ0) is 15.5. The van der Waals surface area contributed by atoms with Crippen LogP contribution in [0.3, 0.4) is 0 Å². The van der Waals surface area contributed by atoms with E-state index in [4.69, 9.17) is 0 Å². The van der Waals surface area contributed by atoms with Crippen molar-refractivity contribution in [3.8, 4) is 0 Å². The molecule has 23 heavy (non-hydrogen) atoms. The van der Waals surface area contributed by atoms with Crippen molar-refractivity contribution in [1.29, 1.82) is 0 Å². The van der Waals surface area contributed by atoms with Crippen LogP contribution in [-0.2, 0) is 12.8 Å². The Morgan fingerprint density at radius 1 is 0.783 bits per heavy atom. The van der Waals surface area contributed by atoms with E-state index in [-0.39, 0.29) is 0 Å². The maximum absolute atomic E-state index is 4.09. The van der Waals surface area contributed by atoms with Crippen LogP contribution in [-0.4, -0.2) is 11.5 Å².